The van der Waals surface area contributed by atoms with Crippen LogP contribution >= 0.6 is 0 Å². The molecule has 0 nitrogen and oxygen atoms in total. The molecule has 0 atom stereocenters. The Balaban J connectivity index is 1.81. The van der Waals surface area contributed by atoms with Crippen molar-refractivity contribution in [2.45, 2.75) is 38.5 Å². The molecule has 0 heterocycles. The maximum Gasteiger partial charge on any atom is -0.00132 e. The molecule has 0 bridgehead atoms. The van der Waals surface area contributed by atoms with Crippen molar-refractivity contribution in [1.82, 2.24) is 0 Å². The van der Waals surface area contributed by atoms with Gasteiger partial charge in [-0.15, -0.1) is 0 Å². The van der Waals surface area contributed by atoms with Gasteiger partial charge in [-0.05, 0) is 77.5 Å². The summed E-state index contributed by atoms with van der Waals surface area (Å²) in [6, 6.07) is 13.8. The van der Waals surface area contributed by atoms with E-state index in [2.05, 4.69) is 36.4 Å². The molecule has 0 unspecified atom stereocenters. The summed E-state index contributed by atoms with van der Waals surface area (Å²) < 4.78 is 0. The van der Waals surface area contributed by atoms with Crippen LogP contribution in [0.15, 0.2) is 42.0 Å². The van der Waals surface area contributed by atoms with Crippen LogP contribution in [0.4, 0.5) is 0 Å². The van der Waals surface area contributed by atoms with Gasteiger partial charge in [0, 0.05) is 0 Å². The van der Waals surface area contributed by atoms with E-state index in [1.54, 1.807) is 33.4 Å². The van der Waals surface area contributed by atoms with Crippen molar-refractivity contribution in [1.29, 1.82) is 0 Å². The summed E-state index contributed by atoms with van der Waals surface area (Å²) in [5.74, 6) is 0. The third-order valence-corrected chi connectivity index (χ3v) is 5.33. The molecule has 2 aromatic carbocycles. The Labute approximate surface area is 120 Å². The van der Waals surface area contributed by atoms with E-state index in [0.717, 1.165) is 6.42 Å². The summed E-state index contributed by atoms with van der Waals surface area (Å²) >= 11 is 0. The van der Waals surface area contributed by atoms with Gasteiger partial charge in [0.05, 0.1) is 0 Å². The van der Waals surface area contributed by atoms with Crippen molar-refractivity contribution in [2.24, 2.45) is 0 Å². The molecule has 20 heavy (non-hydrogen) atoms. The maximum atomic E-state index is 2.40. The van der Waals surface area contributed by atoms with Crippen molar-refractivity contribution in [2.75, 3.05) is 0 Å². The monoisotopic (exact) mass is 258 g/mol. The highest BCUT2D eigenvalue weighted by atomic mass is 14.3. The average molecular weight is 258 g/mol. The lowest BCUT2D eigenvalue weighted by molar-refractivity contribution is 0.711. The average Bonchev–Trinajstić information content (AvgIpc) is 3.04. The van der Waals surface area contributed by atoms with Gasteiger partial charge in [-0.3, -0.25) is 0 Å². The molecule has 2 aromatic rings. The first-order chi connectivity index (χ1) is 9.92. The van der Waals surface area contributed by atoms with Crippen molar-refractivity contribution < 1.29 is 0 Å². The zero-order chi connectivity index (χ0) is 13.1. The minimum atomic E-state index is 1.13. The van der Waals surface area contributed by atoms with Crippen LogP contribution in [0, 0.1) is 0 Å². The van der Waals surface area contributed by atoms with Gasteiger partial charge in [-0.2, -0.15) is 0 Å². The van der Waals surface area contributed by atoms with Crippen molar-refractivity contribution in [3.8, 4) is 11.1 Å². The summed E-state index contributed by atoms with van der Waals surface area (Å²) in [4.78, 5) is 0. The van der Waals surface area contributed by atoms with Gasteiger partial charge in [0.2, 0.25) is 0 Å². The maximum absolute atomic E-state index is 2.40. The number of fused-ring (bicyclic) bond motifs is 6. The van der Waals surface area contributed by atoms with E-state index in [-0.39, 0.29) is 0 Å². The number of allylic oxidation sites excluding steroid dienone is 2. The fourth-order valence-corrected chi connectivity index (χ4v) is 4.45. The second-order valence-electron chi connectivity index (χ2n) is 6.43. The van der Waals surface area contributed by atoms with Gasteiger partial charge in [0.1, 0.15) is 0 Å². The Hall–Kier alpha value is -1.82. The van der Waals surface area contributed by atoms with Crippen LogP contribution in [0.5, 0.6) is 0 Å². The second kappa shape index (κ2) is 3.85. The van der Waals surface area contributed by atoms with Crippen molar-refractivity contribution in [3.05, 3.63) is 64.2 Å². The van der Waals surface area contributed by atoms with E-state index >= 15 is 0 Å². The molecular weight excluding hydrogens is 240 g/mol. The highest BCUT2D eigenvalue weighted by molar-refractivity contribution is 5.92. The lowest BCUT2D eigenvalue weighted by Crippen LogP contribution is -1.95. The predicted molar refractivity (Wildman–Crippen MR) is 83.8 cm³/mol. The Kier molecular flexibility index (Phi) is 2.10. The molecule has 0 heteroatoms. The topological polar surface area (TPSA) is 0 Å². The summed E-state index contributed by atoms with van der Waals surface area (Å²) in [5.41, 5.74) is 12.8. The molecular formula is C20H18. The standard InChI is InChI=1S/C20H18/c1-3-7-17-13(5-1)11-15-9-10-16-12-14-6-2-4-8-18(14)20(16)19(15)17/h1,3,5,7,9-10H,2,4,6,8,11-12H2. The summed E-state index contributed by atoms with van der Waals surface area (Å²) in [5, 5.41) is 0. The van der Waals surface area contributed by atoms with Crippen LogP contribution in [-0.2, 0) is 12.8 Å². The first kappa shape index (κ1) is 10.9. The van der Waals surface area contributed by atoms with Crippen LogP contribution in [0.2, 0.25) is 0 Å². The largest absolute Gasteiger partial charge is 0.0620 e. The number of hydrogen-bond donors (Lipinski definition) is 0. The quantitative estimate of drug-likeness (QED) is 0.523. The fourth-order valence-electron chi connectivity index (χ4n) is 4.45. The molecule has 0 N–H and O–H groups in total. The second-order valence-corrected chi connectivity index (χ2v) is 6.43. The summed E-state index contributed by atoms with van der Waals surface area (Å²) in [7, 11) is 0. The van der Waals surface area contributed by atoms with E-state index in [9.17, 15) is 0 Å². The molecule has 0 aliphatic heterocycles. The highest BCUT2D eigenvalue weighted by Crippen LogP contribution is 2.49. The Morgan fingerprint density at radius 3 is 2.40 bits per heavy atom. The molecule has 0 aromatic heterocycles. The molecule has 0 spiro atoms. The Morgan fingerprint density at radius 1 is 0.650 bits per heavy atom. The summed E-state index contributed by atoms with van der Waals surface area (Å²) in [6.45, 7) is 0. The predicted octanol–water partition coefficient (Wildman–Crippen LogP) is 5.14. The van der Waals surface area contributed by atoms with Crippen molar-refractivity contribution >= 4 is 5.57 Å². The molecule has 0 saturated carbocycles. The van der Waals surface area contributed by atoms with Crippen LogP contribution in [-0.4, -0.2) is 0 Å². The van der Waals surface area contributed by atoms with Gasteiger partial charge >= 0.3 is 0 Å². The lowest BCUT2D eigenvalue weighted by atomic mass is 9.88. The molecule has 0 radical (unpaired) electrons. The molecule has 3 aliphatic carbocycles. The third-order valence-electron chi connectivity index (χ3n) is 5.33. The van der Waals surface area contributed by atoms with E-state index in [4.69, 9.17) is 0 Å². The van der Waals surface area contributed by atoms with Gasteiger partial charge < -0.3 is 0 Å². The number of benzene rings is 2. The molecule has 3 aliphatic rings. The van der Waals surface area contributed by atoms with Gasteiger partial charge in [-0.25, -0.2) is 0 Å². The Morgan fingerprint density at radius 2 is 1.45 bits per heavy atom. The fraction of sp³-hybridized carbons (Fsp3) is 0.300. The molecule has 5 rings (SSSR count). The zero-order valence-corrected chi connectivity index (χ0v) is 11.7. The molecule has 0 amide bonds. The Bertz CT molecular complexity index is 762. The molecule has 98 valence electrons. The van der Waals surface area contributed by atoms with E-state index < -0.39 is 0 Å². The molecule has 0 fully saturated rings. The lowest BCUT2D eigenvalue weighted by Gasteiger charge is -2.16. The van der Waals surface area contributed by atoms with Gasteiger partial charge in [0.15, 0.2) is 0 Å². The van der Waals surface area contributed by atoms with E-state index in [1.165, 1.54) is 43.2 Å². The zero-order valence-electron chi connectivity index (χ0n) is 11.7. The smallest absolute Gasteiger partial charge is 0.00132 e. The van der Waals surface area contributed by atoms with Crippen LogP contribution in [0.1, 0.15) is 47.9 Å². The van der Waals surface area contributed by atoms with Crippen LogP contribution in [0.25, 0.3) is 16.7 Å². The molecule has 0 saturated heterocycles. The van der Waals surface area contributed by atoms with E-state index in [0.29, 0.717) is 0 Å². The van der Waals surface area contributed by atoms with E-state index in [1.807, 2.05) is 0 Å². The highest BCUT2D eigenvalue weighted by Gasteiger charge is 2.30. The minimum Gasteiger partial charge on any atom is -0.0620 e. The normalized spacial score (nSPS) is 18.6. The SMILES string of the molecule is c1ccc2c(c1)Cc1ccc3c(c1-2)C1=C(CCCC1)C3. The first-order valence-corrected chi connectivity index (χ1v) is 7.86. The van der Waals surface area contributed by atoms with Crippen LogP contribution < -0.4 is 0 Å². The number of hydrogen-bond acceptors (Lipinski definition) is 0. The van der Waals surface area contributed by atoms with Gasteiger partial charge in [0.25, 0.3) is 0 Å². The first-order valence-electron chi connectivity index (χ1n) is 7.86. The third kappa shape index (κ3) is 1.32. The van der Waals surface area contributed by atoms with Gasteiger partial charge in [-0.1, -0.05) is 42.0 Å². The summed E-state index contributed by atoms with van der Waals surface area (Å²) in [6.07, 6.45) is 7.76. The minimum absolute atomic E-state index is 1.13. The van der Waals surface area contributed by atoms with Crippen molar-refractivity contribution in [3.63, 3.8) is 0 Å². The van der Waals surface area contributed by atoms with Crippen LogP contribution in [0.3, 0.4) is 0 Å². The number of rotatable bonds is 0.